The van der Waals surface area contributed by atoms with Crippen molar-refractivity contribution < 1.29 is 0 Å². The van der Waals surface area contributed by atoms with E-state index < -0.39 is 0 Å². The lowest BCUT2D eigenvalue weighted by atomic mass is 10.2. The zero-order valence-corrected chi connectivity index (χ0v) is 7.92. The van der Waals surface area contributed by atoms with Gasteiger partial charge in [0.2, 0.25) is 0 Å². The molecule has 2 fully saturated rings. The summed E-state index contributed by atoms with van der Waals surface area (Å²) >= 11 is 14.2. The molecule has 0 spiro atoms. The maximum atomic E-state index is 6.10. The summed E-state index contributed by atoms with van der Waals surface area (Å²) in [5.41, 5.74) is 0. The summed E-state index contributed by atoms with van der Waals surface area (Å²) in [4.78, 5) is 0. The van der Waals surface area contributed by atoms with Crippen molar-refractivity contribution in [3.63, 3.8) is 0 Å². The fourth-order valence-corrected chi connectivity index (χ4v) is 4.61. The Morgan fingerprint density at radius 1 is 1.10 bits per heavy atom. The Morgan fingerprint density at radius 3 is 2.60 bits per heavy atom. The van der Waals surface area contributed by atoms with Gasteiger partial charge in [0.1, 0.15) is 0 Å². The first-order valence-corrected chi connectivity index (χ1v) is 5.52. The monoisotopic (exact) mass is 196 g/mol. The van der Waals surface area contributed by atoms with Gasteiger partial charge in [-0.3, -0.25) is 0 Å². The van der Waals surface area contributed by atoms with Gasteiger partial charge >= 0.3 is 0 Å². The minimum absolute atomic E-state index is 0.339. The van der Waals surface area contributed by atoms with Crippen LogP contribution in [0.4, 0.5) is 0 Å². The molecule has 2 heterocycles. The second-order valence-corrected chi connectivity index (χ2v) is 5.67. The summed E-state index contributed by atoms with van der Waals surface area (Å²) in [5, 5.41) is 2.05. The molecule has 0 saturated carbocycles. The van der Waals surface area contributed by atoms with Crippen molar-refractivity contribution >= 4 is 35.0 Å². The fraction of sp³-hybridized carbons (Fsp3) is 1.00. The van der Waals surface area contributed by atoms with E-state index in [2.05, 4.69) is 0 Å². The lowest BCUT2D eigenvalue weighted by molar-refractivity contribution is 0.696. The molecule has 0 aromatic rings. The van der Waals surface area contributed by atoms with Crippen LogP contribution in [0.3, 0.4) is 0 Å². The molecule has 2 rings (SSSR count). The van der Waals surface area contributed by atoms with Crippen LogP contribution in [-0.4, -0.2) is 21.3 Å². The number of fused-ring (bicyclic) bond motifs is 2. The minimum atomic E-state index is 0.339. The maximum Gasteiger partial charge on any atom is 0.0479 e. The van der Waals surface area contributed by atoms with E-state index in [1.54, 1.807) is 0 Å². The van der Waals surface area contributed by atoms with E-state index >= 15 is 0 Å². The molecule has 2 aliphatic heterocycles. The molecule has 0 N–H and O–H groups in total. The van der Waals surface area contributed by atoms with Gasteiger partial charge in [-0.15, -0.1) is 23.2 Å². The highest BCUT2D eigenvalue weighted by molar-refractivity contribution is 8.01. The van der Waals surface area contributed by atoms with Gasteiger partial charge in [-0.25, -0.2) is 0 Å². The molecule has 0 nitrogen and oxygen atoms in total. The van der Waals surface area contributed by atoms with E-state index in [1.807, 2.05) is 11.8 Å². The minimum Gasteiger partial charge on any atom is -0.152 e. The molecule has 0 amide bonds. The molecule has 2 saturated heterocycles. The lowest BCUT2D eigenvalue weighted by Gasteiger charge is -2.23. The Kier molecular flexibility index (Phi) is 2.09. The van der Waals surface area contributed by atoms with Gasteiger partial charge in [-0.1, -0.05) is 0 Å². The second kappa shape index (κ2) is 2.76. The molecule has 3 heteroatoms. The fourth-order valence-electron chi connectivity index (χ4n) is 1.76. The Hall–Kier alpha value is 0.930. The van der Waals surface area contributed by atoms with Crippen LogP contribution in [0.5, 0.6) is 0 Å². The lowest BCUT2D eigenvalue weighted by Crippen LogP contribution is -2.24. The van der Waals surface area contributed by atoms with Crippen LogP contribution < -0.4 is 0 Å². The topological polar surface area (TPSA) is 0 Å². The van der Waals surface area contributed by atoms with Crippen molar-refractivity contribution in [3.05, 3.63) is 0 Å². The first kappa shape index (κ1) is 7.57. The van der Waals surface area contributed by atoms with Gasteiger partial charge < -0.3 is 0 Å². The van der Waals surface area contributed by atoms with Gasteiger partial charge in [0.05, 0.1) is 0 Å². The molecule has 0 radical (unpaired) electrons. The summed E-state index contributed by atoms with van der Waals surface area (Å²) in [7, 11) is 0. The summed E-state index contributed by atoms with van der Waals surface area (Å²) in [6.07, 6.45) is 3.63. The quantitative estimate of drug-likeness (QED) is 0.538. The third kappa shape index (κ3) is 1.17. The molecule has 0 aliphatic carbocycles. The molecule has 2 bridgehead atoms. The Balaban J connectivity index is 2.10. The molecule has 2 aliphatic rings. The van der Waals surface area contributed by atoms with Crippen LogP contribution in [0.2, 0.25) is 0 Å². The van der Waals surface area contributed by atoms with Crippen molar-refractivity contribution in [1.82, 2.24) is 0 Å². The zero-order valence-electron chi connectivity index (χ0n) is 5.59. The summed E-state index contributed by atoms with van der Waals surface area (Å²) in [6, 6.07) is 0. The average molecular weight is 197 g/mol. The molecule has 4 atom stereocenters. The Labute approximate surface area is 75.6 Å². The van der Waals surface area contributed by atoms with Crippen LogP contribution >= 0.6 is 35.0 Å². The van der Waals surface area contributed by atoms with Crippen LogP contribution in [0.15, 0.2) is 0 Å². The molecule has 10 heavy (non-hydrogen) atoms. The van der Waals surface area contributed by atoms with E-state index in [0.717, 1.165) is 5.25 Å². The van der Waals surface area contributed by atoms with Crippen LogP contribution in [-0.2, 0) is 0 Å². The van der Waals surface area contributed by atoms with Crippen molar-refractivity contribution in [2.75, 3.05) is 0 Å². The largest absolute Gasteiger partial charge is 0.152 e. The number of hydrogen-bond acceptors (Lipinski definition) is 1. The van der Waals surface area contributed by atoms with E-state index in [1.165, 1.54) is 19.3 Å². The number of alkyl halides is 2. The van der Waals surface area contributed by atoms with Crippen LogP contribution in [0.1, 0.15) is 19.3 Å². The molecule has 4 unspecified atom stereocenters. The number of hydrogen-bond donors (Lipinski definition) is 0. The highest BCUT2D eigenvalue weighted by atomic mass is 35.5. The van der Waals surface area contributed by atoms with Gasteiger partial charge in [-0.05, 0) is 19.3 Å². The normalized spacial score (nSPS) is 53.4. The van der Waals surface area contributed by atoms with Gasteiger partial charge in [0.15, 0.2) is 0 Å². The summed E-state index contributed by atoms with van der Waals surface area (Å²) in [5.74, 6) is 0. The predicted octanol–water partition coefficient (Wildman–Crippen LogP) is 2.87. The van der Waals surface area contributed by atoms with Gasteiger partial charge in [0.25, 0.3) is 0 Å². The molecule has 58 valence electrons. The smallest absolute Gasteiger partial charge is 0.0479 e. The highest BCUT2D eigenvalue weighted by Crippen LogP contribution is 2.47. The highest BCUT2D eigenvalue weighted by Gasteiger charge is 2.41. The first-order valence-electron chi connectivity index (χ1n) is 3.71. The molecule has 0 aromatic carbocycles. The van der Waals surface area contributed by atoms with Crippen molar-refractivity contribution in [3.8, 4) is 0 Å². The van der Waals surface area contributed by atoms with Crippen LogP contribution in [0.25, 0.3) is 0 Å². The van der Waals surface area contributed by atoms with E-state index in [4.69, 9.17) is 23.2 Å². The van der Waals surface area contributed by atoms with E-state index in [0.29, 0.717) is 16.0 Å². The number of rotatable bonds is 0. The molecular formula is C7H10Cl2S. The zero-order chi connectivity index (χ0) is 7.14. The Bertz CT molecular complexity index is 136. The van der Waals surface area contributed by atoms with Crippen LogP contribution in [0, 0.1) is 0 Å². The summed E-state index contributed by atoms with van der Waals surface area (Å²) in [6.45, 7) is 0. The molecule has 0 aromatic heterocycles. The standard InChI is InChI=1S/C7H10Cl2S/c8-5-2-1-4-3-6(9)7(5)10-4/h4-7H,1-3H2. The van der Waals surface area contributed by atoms with Crippen molar-refractivity contribution in [1.29, 1.82) is 0 Å². The third-order valence-corrected chi connectivity index (χ3v) is 5.34. The molecular weight excluding hydrogens is 187 g/mol. The average Bonchev–Trinajstić information content (AvgIpc) is 2.21. The van der Waals surface area contributed by atoms with E-state index in [9.17, 15) is 0 Å². The Morgan fingerprint density at radius 2 is 1.90 bits per heavy atom. The second-order valence-electron chi connectivity index (χ2n) is 3.07. The van der Waals surface area contributed by atoms with Crippen molar-refractivity contribution in [2.45, 2.75) is 40.5 Å². The third-order valence-electron chi connectivity index (χ3n) is 2.32. The van der Waals surface area contributed by atoms with Gasteiger partial charge in [0, 0.05) is 21.3 Å². The van der Waals surface area contributed by atoms with Gasteiger partial charge in [-0.2, -0.15) is 11.8 Å². The SMILES string of the molecule is ClC1CCC2CC(Cl)C1S2. The number of thioether (sulfide) groups is 1. The predicted molar refractivity (Wildman–Crippen MR) is 48.3 cm³/mol. The maximum absolute atomic E-state index is 6.10. The number of halogens is 2. The van der Waals surface area contributed by atoms with Crippen molar-refractivity contribution in [2.24, 2.45) is 0 Å². The van der Waals surface area contributed by atoms with E-state index in [-0.39, 0.29) is 0 Å². The summed E-state index contributed by atoms with van der Waals surface area (Å²) < 4.78 is 0. The first-order chi connectivity index (χ1) is 4.77.